The number of hydrogen-bond donors (Lipinski definition) is 2. The second kappa shape index (κ2) is 5.97. The Hall–Kier alpha value is -1.40. The van der Waals surface area contributed by atoms with Gasteiger partial charge in [0.15, 0.2) is 5.60 Å². The number of halogens is 1. The summed E-state index contributed by atoms with van der Waals surface area (Å²) >= 11 is 3.26. The number of anilines is 1. The Bertz CT molecular complexity index is 472. The summed E-state index contributed by atoms with van der Waals surface area (Å²) in [5.41, 5.74) is 4.59. The molecule has 0 aliphatic carbocycles. The molecule has 1 unspecified atom stereocenters. The fourth-order valence-electron chi connectivity index (χ4n) is 1.20. The molecule has 1 aromatic heterocycles. The zero-order valence-electron chi connectivity index (χ0n) is 10.2. The first kappa shape index (κ1) is 14.7. The Balaban J connectivity index is 2.91. The maximum absolute atomic E-state index is 11.5. The quantitative estimate of drug-likeness (QED) is 0.827. The van der Waals surface area contributed by atoms with Crippen LogP contribution in [0, 0.1) is 0 Å². The summed E-state index contributed by atoms with van der Waals surface area (Å²) in [7, 11) is 0. The highest BCUT2D eigenvalue weighted by molar-refractivity contribution is 9.10. The second-order valence-corrected chi connectivity index (χ2v) is 4.75. The number of nitrogen functional groups attached to an aromatic ring is 1. The van der Waals surface area contributed by atoms with E-state index in [1.165, 1.54) is 19.1 Å². The molecule has 6 heteroatoms. The monoisotopic (exact) mass is 314 g/mol. The molecule has 0 fully saturated rings. The van der Waals surface area contributed by atoms with Gasteiger partial charge in [-0.15, -0.1) is 0 Å². The van der Waals surface area contributed by atoms with Crippen molar-refractivity contribution in [3.8, 4) is 0 Å². The molecule has 1 atom stereocenters. The molecule has 0 aromatic carbocycles. The Morgan fingerprint density at radius 3 is 3.00 bits per heavy atom. The molecule has 18 heavy (non-hydrogen) atoms. The number of pyridine rings is 1. The number of hydrogen-bond acceptors (Lipinski definition) is 5. The van der Waals surface area contributed by atoms with Crippen LogP contribution in [0.3, 0.4) is 0 Å². The van der Waals surface area contributed by atoms with Crippen molar-refractivity contribution in [1.29, 1.82) is 0 Å². The summed E-state index contributed by atoms with van der Waals surface area (Å²) in [6.07, 6.45) is 4.42. The highest BCUT2D eigenvalue weighted by Crippen LogP contribution is 2.19. The van der Waals surface area contributed by atoms with Gasteiger partial charge in [-0.2, -0.15) is 0 Å². The Morgan fingerprint density at radius 2 is 2.39 bits per heavy atom. The molecule has 0 amide bonds. The first-order valence-electron chi connectivity index (χ1n) is 5.36. The third-order valence-corrected chi connectivity index (χ3v) is 2.63. The Morgan fingerprint density at radius 1 is 1.72 bits per heavy atom. The van der Waals surface area contributed by atoms with E-state index >= 15 is 0 Å². The molecule has 1 aromatic rings. The number of nitrogens with two attached hydrogens (primary N) is 1. The van der Waals surface area contributed by atoms with Gasteiger partial charge in [0.25, 0.3) is 0 Å². The van der Waals surface area contributed by atoms with Gasteiger partial charge in [0, 0.05) is 16.2 Å². The molecule has 5 nitrogen and oxygen atoms in total. The fraction of sp³-hybridized carbons (Fsp3) is 0.333. The van der Waals surface area contributed by atoms with Crippen molar-refractivity contribution in [2.75, 3.05) is 12.3 Å². The van der Waals surface area contributed by atoms with Crippen LogP contribution in [0.1, 0.15) is 19.4 Å². The standard InChI is InChI=1S/C12H15BrN2O3/c1-3-18-11(16)12(2,17)5-4-8-6-9(13)7-15-10(8)14/h4-7,17H,3H2,1-2H3,(H2,14,15)/b5-4-. The first-order valence-corrected chi connectivity index (χ1v) is 6.16. The second-order valence-electron chi connectivity index (χ2n) is 3.83. The van der Waals surface area contributed by atoms with Crippen molar-refractivity contribution in [2.45, 2.75) is 19.4 Å². The van der Waals surface area contributed by atoms with Crippen molar-refractivity contribution in [2.24, 2.45) is 0 Å². The molecule has 0 saturated heterocycles. The van der Waals surface area contributed by atoms with Crippen LogP contribution in [0.2, 0.25) is 0 Å². The predicted octanol–water partition coefficient (Wildman–Crippen LogP) is 1.75. The number of ether oxygens (including phenoxy) is 1. The maximum Gasteiger partial charge on any atom is 0.341 e. The summed E-state index contributed by atoms with van der Waals surface area (Å²) in [6.45, 7) is 3.24. The lowest BCUT2D eigenvalue weighted by atomic mass is 10.1. The van der Waals surface area contributed by atoms with E-state index in [-0.39, 0.29) is 6.61 Å². The SMILES string of the molecule is CCOC(=O)C(C)(O)/C=C\c1cc(Br)cnc1N. The van der Waals surface area contributed by atoms with Crippen LogP contribution >= 0.6 is 15.9 Å². The van der Waals surface area contributed by atoms with Gasteiger partial charge in [-0.3, -0.25) is 0 Å². The van der Waals surface area contributed by atoms with Crippen molar-refractivity contribution in [3.63, 3.8) is 0 Å². The number of nitrogens with zero attached hydrogens (tertiary/aromatic N) is 1. The molecule has 0 bridgehead atoms. The number of carbonyl (C=O) groups is 1. The van der Waals surface area contributed by atoms with Crippen LogP contribution in [0.15, 0.2) is 22.8 Å². The molecule has 1 heterocycles. The predicted molar refractivity (Wildman–Crippen MR) is 72.6 cm³/mol. The zero-order valence-corrected chi connectivity index (χ0v) is 11.8. The van der Waals surface area contributed by atoms with E-state index in [1.54, 1.807) is 19.2 Å². The van der Waals surface area contributed by atoms with Crippen LogP contribution in [-0.2, 0) is 9.53 Å². The van der Waals surface area contributed by atoms with Crippen LogP contribution in [0.5, 0.6) is 0 Å². The first-order chi connectivity index (χ1) is 8.36. The molecule has 0 radical (unpaired) electrons. The van der Waals surface area contributed by atoms with Crippen molar-refractivity contribution >= 4 is 33.8 Å². The highest BCUT2D eigenvalue weighted by atomic mass is 79.9. The molecule has 0 aliphatic heterocycles. The molecule has 0 aliphatic rings. The van der Waals surface area contributed by atoms with Gasteiger partial charge >= 0.3 is 5.97 Å². The molecule has 3 N–H and O–H groups in total. The average molecular weight is 315 g/mol. The van der Waals surface area contributed by atoms with Gasteiger partial charge in [0.1, 0.15) is 5.82 Å². The number of aliphatic hydroxyl groups is 1. The summed E-state index contributed by atoms with van der Waals surface area (Å²) in [5, 5.41) is 9.90. The molecular formula is C12H15BrN2O3. The van der Waals surface area contributed by atoms with Gasteiger partial charge in [0.2, 0.25) is 0 Å². The number of esters is 1. The summed E-state index contributed by atoms with van der Waals surface area (Å²) in [5.74, 6) is -0.392. The minimum atomic E-state index is -1.69. The van der Waals surface area contributed by atoms with Crippen molar-refractivity contribution in [3.05, 3.63) is 28.4 Å². The number of carbonyl (C=O) groups excluding carboxylic acids is 1. The Labute approximate surface area is 114 Å². The van der Waals surface area contributed by atoms with E-state index in [0.29, 0.717) is 11.4 Å². The van der Waals surface area contributed by atoms with Crippen molar-refractivity contribution < 1.29 is 14.6 Å². The van der Waals surface area contributed by atoms with E-state index in [2.05, 4.69) is 20.9 Å². The topological polar surface area (TPSA) is 85.4 Å². The third kappa shape index (κ3) is 3.82. The lowest BCUT2D eigenvalue weighted by Gasteiger charge is -2.16. The number of rotatable bonds is 4. The normalized spacial score (nSPS) is 14.4. The molecular weight excluding hydrogens is 300 g/mol. The van der Waals surface area contributed by atoms with Crippen LogP contribution < -0.4 is 5.73 Å². The largest absolute Gasteiger partial charge is 0.464 e. The third-order valence-electron chi connectivity index (χ3n) is 2.19. The lowest BCUT2D eigenvalue weighted by Crippen LogP contribution is -2.34. The molecule has 1 rings (SSSR count). The average Bonchev–Trinajstić information content (AvgIpc) is 2.31. The van der Waals surface area contributed by atoms with Gasteiger partial charge < -0.3 is 15.6 Å². The summed E-state index contributed by atoms with van der Waals surface area (Å²) < 4.78 is 5.51. The van der Waals surface area contributed by atoms with Crippen LogP contribution in [-0.4, -0.2) is 28.3 Å². The van der Waals surface area contributed by atoms with Gasteiger partial charge in [-0.05, 0) is 41.9 Å². The minimum absolute atomic E-state index is 0.212. The molecule has 0 saturated carbocycles. The number of aromatic nitrogens is 1. The zero-order chi connectivity index (χ0) is 13.8. The smallest absolute Gasteiger partial charge is 0.341 e. The molecule has 0 spiro atoms. The van der Waals surface area contributed by atoms with Crippen molar-refractivity contribution in [1.82, 2.24) is 4.98 Å². The van der Waals surface area contributed by atoms with E-state index in [4.69, 9.17) is 10.5 Å². The minimum Gasteiger partial charge on any atom is -0.464 e. The summed E-state index contributed by atoms with van der Waals surface area (Å²) in [4.78, 5) is 15.4. The van der Waals surface area contributed by atoms with Crippen LogP contribution in [0.4, 0.5) is 5.82 Å². The van der Waals surface area contributed by atoms with E-state index in [9.17, 15) is 9.90 Å². The fourth-order valence-corrected chi connectivity index (χ4v) is 1.55. The van der Waals surface area contributed by atoms with Gasteiger partial charge in [-0.1, -0.05) is 6.08 Å². The van der Waals surface area contributed by atoms with E-state index < -0.39 is 11.6 Å². The summed E-state index contributed by atoms with van der Waals surface area (Å²) in [6, 6.07) is 1.74. The van der Waals surface area contributed by atoms with Crippen LogP contribution in [0.25, 0.3) is 6.08 Å². The highest BCUT2D eigenvalue weighted by Gasteiger charge is 2.28. The lowest BCUT2D eigenvalue weighted by molar-refractivity contribution is -0.158. The molecule has 98 valence electrons. The van der Waals surface area contributed by atoms with Gasteiger partial charge in [0.05, 0.1) is 6.61 Å². The van der Waals surface area contributed by atoms with E-state index in [1.807, 2.05) is 0 Å². The van der Waals surface area contributed by atoms with Gasteiger partial charge in [-0.25, -0.2) is 9.78 Å². The maximum atomic E-state index is 11.5. The van der Waals surface area contributed by atoms with E-state index in [0.717, 1.165) is 4.47 Å². The Kier molecular flexibility index (Phi) is 4.86.